The normalized spacial score (nSPS) is 22.3. The van der Waals surface area contributed by atoms with Gasteiger partial charge in [0.05, 0.1) is 24.2 Å². The minimum Gasteiger partial charge on any atom is -0.493 e. The minimum atomic E-state index is -0.623. The van der Waals surface area contributed by atoms with Crippen molar-refractivity contribution in [1.29, 1.82) is 0 Å². The van der Waals surface area contributed by atoms with Crippen molar-refractivity contribution in [1.82, 2.24) is 5.32 Å². The van der Waals surface area contributed by atoms with Crippen LogP contribution < -0.4 is 10.1 Å². The van der Waals surface area contributed by atoms with E-state index >= 15 is 0 Å². The van der Waals surface area contributed by atoms with E-state index in [0.717, 1.165) is 42.7 Å². The molecule has 1 aliphatic carbocycles. The molecule has 1 saturated carbocycles. The lowest BCUT2D eigenvalue weighted by Crippen LogP contribution is -2.47. The summed E-state index contributed by atoms with van der Waals surface area (Å²) in [6.45, 7) is 4.64. The van der Waals surface area contributed by atoms with Crippen LogP contribution in [0.25, 0.3) is 0 Å². The highest BCUT2D eigenvalue weighted by atomic mass is 16.5. The van der Waals surface area contributed by atoms with Crippen LogP contribution in [0.1, 0.15) is 49.4 Å². The number of ether oxygens (including phenoxy) is 1. The molecule has 1 heterocycles. The molecule has 0 bridgehead atoms. The maximum absolute atomic E-state index is 13.2. The van der Waals surface area contributed by atoms with E-state index in [-0.39, 0.29) is 24.0 Å². The molecule has 0 saturated heterocycles. The van der Waals surface area contributed by atoms with Crippen LogP contribution in [0.5, 0.6) is 5.75 Å². The first kappa shape index (κ1) is 18.1. The summed E-state index contributed by atoms with van der Waals surface area (Å²) in [4.78, 5) is 13.2. The number of aliphatic hydroxyl groups excluding tert-OH is 1. The number of carbonyl (C=O) groups excluding carboxylic acids is 1. The molecule has 4 rings (SSSR count). The smallest absolute Gasteiger partial charge is 0.230 e. The molecule has 4 nitrogen and oxygen atoms in total. The molecule has 2 N–H and O–H groups in total. The number of rotatable bonds is 5. The Morgan fingerprint density at radius 3 is 2.63 bits per heavy atom. The number of benzene rings is 2. The Kier molecular flexibility index (Phi) is 4.68. The van der Waals surface area contributed by atoms with E-state index in [0.29, 0.717) is 0 Å². The van der Waals surface area contributed by atoms with Gasteiger partial charge in [-0.2, -0.15) is 0 Å². The molecule has 1 atom stereocenters. The lowest BCUT2D eigenvalue weighted by Gasteiger charge is -2.39. The Morgan fingerprint density at radius 2 is 1.93 bits per heavy atom. The zero-order chi connectivity index (χ0) is 19.0. The molecular formula is C23H27NO3. The molecule has 4 heteroatoms. The topological polar surface area (TPSA) is 58.6 Å². The van der Waals surface area contributed by atoms with Crippen molar-refractivity contribution in [2.75, 3.05) is 6.61 Å². The minimum absolute atomic E-state index is 0.0110. The first-order chi connectivity index (χ1) is 12.9. The third-order valence-electron chi connectivity index (χ3n) is 6.04. The van der Waals surface area contributed by atoms with Gasteiger partial charge in [0.15, 0.2) is 0 Å². The van der Waals surface area contributed by atoms with Crippen molar-refractivity contribution in [3.05, 3.63) is 65.2 Å². The van der Waals surface area contributed by atoms with E-state index in [1.54, 1.807) is 0 Å². The first-order valence-electron chi connectivity index (χ1n) is 9.75. The Hall–Kier alpha value is -2.33. The van der Waals surface area contributed by atoms with Gasteiger partial charge in [-0.25, -0.2) is 0 Å². The molecule has 142 valence electrons. The Labute approximate surface area is 160 Å². The molecule has 0 radical (unpaired) electrons. The molecule has 2 aromatic carbocycles. The summed E-state index contributed by atoms with van der Waals surface area (Å²) in [7, 11) is 0. The molecule has 0 spiro atoms. The number of hydrogen-bond acceptors (Lipinski definition) is 3. The van der Waals surface area contributed by atoms with E-state index in [2.05, 4.69) is 17.4 Å². The zero-order valence-electron chi connectivity index (χ0n) is 15.9. The van der Waals surface area contributed by atoms with Gasteiger partial charge >= 0.3 is 0 Å². The lowest BCUT2D eigenvalue weighted by atomic mass is 9.74. The van der Waals surface area contributed by atoms with Gasteiger partial charge in [0.1, 0.15) is 5.75 Å². The van der Waals surface area contributed by atoms with E-state index < -0.39 is 5.41 Å². The molecule has 1 fully saturated rings. The SMILES string of the molecule is CC(C)(C(=O)NC(c1ccc2c(c1)CCO2)C1CC(O)C1)c1ccccc1. The molecule has 1 aliphatic heterocycles. The molecule has 2 aliphatic rings. The standard InChI is InChI=1S/C23H27NO3/c1-23(2,18-6-4-3-5-7-18)22(26)24-21(17-13-19(25)14-17)16-8-9-20-15(12-16)10-11-27-20/h3-9,12,17,19,21,25H,10-11,13-14H2,1-2H3,(H,24,26). The molecule has 27 heavy (non-hydrogen) atoms. The van der Waals surface area contributed by atoms with Gasteiger partial charge < -0.3 is 15.2 Å². The van der Waals surface area contributed by atoms with Crippen molar-refractivity contribution < 1.29 is 14.6 Å². The summed E-state index contributed by atoms with van der Waals surface area (Å²) >= 11 is 0. The third kappa shape index (κ3) is 3.46. The predicted molar refractivity (Wildman–Crippen MR) is 105 cm³/mol. The summed E-state index contributed by atoms with van der Waals surface area (Å²) < 4.78 is 5.62. The van der Waals surface area contributed by atoms with Crippen molar-refractivity contribution >= 4 is 5.91 Å². The van der Waals surface area contributed by atoms with Crippen LogP contribution in [-0.4, -0.2) is 23.7 Å². The molecule has 1 amide bonds. The average Bonchev–Trinajstić information content (AvgIpc) is 3.12. The summed E-state index contributed by atoms with van der Waals surface area (Å²) in [6, 6.07) is 16.0. The van der Waals surface area contributed by atoms with E-state index in [1.165, 1.54) is 5.56 Å². The molecule has 1 unspecified atom stereocenters. The van der Waals surface area contributed by atoms with E-state index in [4.69, 9.17) is 4.74 Å². The van der Waals surface area contributed by atoms with Gasteiger partial charge in [-0.3, -0.25) is 4.79 Å². The summed E-state index contributed by atoms with van der Waals surface area (Å²) in [6.07, 6.45) is 2.11. The highest BCUT2D eigenvalue weighted by molar-refractivity contribution is 5.87. The van der Waals surface area contributed by atoms with Gasteiger partial charge in [0.25, 0.3) is 0 Å². The zero-order valence-corrected chi connectivity index (χ0v) is 15.9. The molecule has 0 aromatic heterocycles. The van der Waals surface area contributed by atoms with Crippen LogP contribution >= 0.6 is 0 Å². The number of hydrogen-bond donors (Lipinski definition) is 2. The van der Waals surface area contributed by atoms with Crippen LogP contribution in [0, 0.1) is 5.92 Å². The van der Waals surface area contributed by atoms with Crippen LogP contribution in [0.2, 0.25) is 0 Å². The highest BCUT2D eigenvalue weighted by Gasteiger charge is 2.39. The molecular weight excluding hydrogens is 338 g/mol. The van der Waals surface area contributed by atoms with E-state index in [9.17, 15) is 9.90 Å². The van der Waals surface area contributed by atoms with Crippen molar-refractivity contribution in [2.45, 2.75) is 50.7 Å². The van der Waals surface area contributed by atoms with Gasteiger partial charge in [-0.05, 0) is 61.4 Å². The Morgan fingerprint density at radius 1 is 1.19 bits per heavy atom. The van der Waals surface area contributed by atoms with Gasteiger partial charge in [-0.15, -0.1) is 0 Å². The van der Waals surface area contributed by atoms with Crippen molar-refractivity contribution in [3.8, 4) is 5.75 Å². The van der Waals surface area contributed by atoms with Crippen LogP contribution in [0.3, 0.4) is 0 Å². The predicted octanol–water partition coefficient (Wildman–Crippen LogP) is 3.53. The van der Waals surface area contributed by atoms with Gasteiger partial charge in [0, 0.05) is 6.42 Å². The third-order valence-corrected chi connectivity index (χ3v) is 6.04. The summed E-state index contributed by atoms with van der Waals surface area (Å²) in [5.74, 6) is 1.22. The summed E-state index contributed by atoms with van der Waals surface area (Å²) in [5, 5.41) is 13.1. The maximum atomic E-state index is 13.2. The van der Waals surface area contributed by atoms with Crippen molar-refractivity contribution in [3.63, 3.8) is 0 Å². The van der Waals surface area contributed by atoms with Crippen LogP contribution in [-0.2, 0) is 16.6 Å². The van der Waals surface area contributed by atoms with E-state index in [1.807, 2.05) is 50.2 Å². The fourth-order valence-electron chi connectivity index (χ4n) is 4.08. The number of nitrogens with one attached hydrogen (secondary N) is 1. The second-order valence-electron chi connectivity index (χ2n) is 8.29. The highest BCUT2D eigenvalue weighted by Crippen LogP contribution is 2.40. The number of carbonyl (C=O) groups is 1. The Bertz CT molecular complexity index is 825. The van der Waals surface area contributed by atoms with Crippen molar-refractivity contribution in [2.24, 2.45) is 5.92 Å². The average molecular weight is 365 g/mol. The second kappa shape index (κ2) is 7.01. The van der Waals surface area contributed by atoms with Gasteiger partial charge in [0.2, 0.25) is 5.91 Å². The lowest BCUT2D eigenvalue weighted by molar-refractivity contribution is -0.127. The Balaban J connectivity index is 1.59. The largest absolute Gasteiger partial charge is 0.493 e. The number of amides is 1. The fourth-order valence-corrected chi connectivity index (χ4v) is 4.08. The van der Waals surface area contributed by atoms with Crippen LogP contribution in [0.15, 0.2) is 48.5 Å². The molecule has 2 aromatic rings. The fraction of sp³-hybridized carbons (Fsp3) is 0.435. The maximum Gasteiger partial charge on any atom is 0.230 e. The van der Waals surface area contributed by atoms with Gasteiger partial charge in [-0.1, -0.05) is 36.4 Å². The first-order valence-corrected chi connectivity index (χ1v) is 9.75. The monoisotopic (exact) mass is 365 g/mol. The number of aliphatic hydroxyl groups is 1. The number of fused-ring (bicyclic) bond motifs is 1. The van der Waals surface area contributed by atoms with Crippen LogP contribution in [0.4, 0.5) is 0 Å². The quantitative estimate of drug-likeness (QED) is 0.852. The summed E-state index contributed by atoms with van der Waals surface area (Å²) in [5.41, 5.74) is 2.68. The second-order valence-corrected chi connectivity index (χ2v) is 8.29.